The van der Waals surface area contributed by atoms with E-state index in [4.69, 9.17) is 4.74 Å². The van der Waals surface area contributed by atoms with Crippen LogP contribution in [0.2, 0.25) is 0 Å². The first-order valence-electron chi connectivity index (χ1n) is 5.47. The Morgan fingerprint density at radius 3 is 2.74 bits per heavy atom. The van der Waals surface area contributed by atoms with Gasteiger partial charge in [-0.25, -0.2) is 19.3 Å². The predicted molar refractivity (Wildman–Crippen MR) is 78.3 cm³/mol. The molecule has 96 valence electrons. The molecule has 3 rings (SSSR count). The quantitative estimate of drug-likeness (QED) is 0.699. The Labute approximate surface area is 121 Å². The van der Waals surface area contributed by atoms with E-state index in [1.54, 1.807) is 13.3 Å². The molecule has 0 saturated heterocycles. The average Bonchev–Trinajstić information content (AvgIpc) is 2.78. The number of nitrogens with one attached hydrogen (secondary N) is 1. The lowest BCUT2D eigenvalue weighted by molar-refractivity contribution is 0.415. The molecule has 0 fully saturated rings. The SMILES string of the molecule is COc1ccc(-c2nc(I)c3cn[nH]c(=O)n23)cc1. The molecule has 0 radical (unpaired) electrons. The van der Waals surface area contributed by atoms with Crippen LogP contribution in [0.15, 0.2) is 35.3 Å². The van der Waals surface area contributed by atoms with Crippen LogP contribution in [0.1, 0.15) is 0 Å². The summed E-state index contributed by atoms with van der Waals surface area (Å²) in [7, 11) is 1.61. The fourth-order valence-electron chi connectivity index (χ4n) is 1.86. The van der Waals surface area contributed by atoms with Crippen LogP contribution in [0, 0.1) is 3.70 Å². The van der Waals surface area contributed by atoms with Gasteiger partial charge in [0, 0.05) is 5.56 Å². The van der Waals surface area contributed by atoms with Crippen molar-refractivity contribution in [3.63, 3.8) is 0 Å². The van der Waals surface area contributed by atoms with E-state index in [2.05, 4.69) is 37.8 Å². The summed E-state index contributed by atoms with van der Waals surface area (Å²) in [4.78, 5) is 16.3. The largest absolute Gasteiger partial charge is 0.497 e. The van der Waals surface area contributed by atoms with E-state index in [0.29, 0.717) is 11.3 Å². The van der Waals surface area contributed by atoms with Gasteiger partial charge in [-0.05, 0) is 46.9 Å². The summed E-state index contributed by atoms with van der Waals surface area (Å²) in [5.74, 6) is 1.35. The molecule has 0 saturated carbocycles. The normalized spacial score (nSPS) is 10.8. The summed E-state index contributed by atoms with van der Waals surface area (Å²) in [5.41, 5.74) is 1.23. The Balaban J connectivity index is 2.27. The van der Waals surface area contributed by atoms with Crippen LogP contribution in [-0.2, 0) is 0 Å². The number of hydrogen-bond acceptors (Lipinski definition) is 4. The number of methoxy groups -OCH3 is 1. The zero-order valence-electron chi connectivity index (χ0n) is 9.92. The summed E-state index contributed by atoms with van der Waals surface area (Å²) in [6.45, 7) is 0. The first-order valence-corrected chi connectivity index (χ1v) is 6.54. The highest BCUT2D eigenvalue weighted by Gasteiger charge is 2.13. The number of aromatic nitrogens is 4. The van der Waals surface area contributed by atoms with Crippen molar-refractivity contribution in [2.75, 3.05) is 7.11 Å². The Hall–Kier alpha value is -1.90. The molecule has 3 aromatic rings. The molecule has 2 aromatic heterocycles. The number of hydrogen-bond donors (Lipinski definition) is 1. The fourth-order valence-corrected chi connectivity index (χ4v) is 2.46. The van der Waals surface area contributed by atoms with Crippen LogP contribution in [0.4, 0.5) is 0 Å². The fraction of sp³-hybridized carbons (Fsp3) is 0.0833. The number of halogens is 1. The molecule has 0 spiro atoms. The summed E-state index contributed by atoms with van der Waals surface area (Å²) in [5, 5.41) is 6.19. The van der Waals surface area contributed by atoms with E-state index in [1.165, 1.54) is 4.40 Å². The van der Waals surface area contributed by atoms with Crippen molar-refractivity contribution in [1.82, 2.24) is 19.6 Å². The van der Waals surface area contributed by atoms with Crippen molar-refractivity contribution >= 4 is 28.1 Å². The first-order chi connectivity index (χ1) is 9.20. The molecule has 6 nitrogen and oxygen atoms in total. The summed E-state index contributed by atoms with van der Waals surface area (Å²) in [6.07, 6.45) is 1.59. The maximum atomic E-state index is 11.9. The van der Waals surface area contributed by atoms with Gasteiger partial charge < -0.3 is 4.74 Å². The molecule has 0 aliphatic heterocycles. The van der Waals surface area contributed by atoms with Gasteiger partial charge in [-0.3, -0.25) is 0 Å². The molecule has 0 bridgehead atoms. The van der Waals surface area contributed by atoms with E-state index in [-0.39, 0.29) is 5.69 Å². The molecule has 19 heavy (non-hydrogen) atoms. The lowest BCUT2D eigenvalue weighted by atomic mass is 10.2. The molecule has 0 aliphatic rings. The molecule has 7 heteroatoms. The second kappa shape index (κ2) is 4.65. The van der Waals surface area contributed by atoms with Crippen molar-refractivity contribution in [1.29, 1.82) is 0 Å². The Morgan fingerprint density at radius 2 is 2.05 bits per heavy atom. The maximum Gasteiger partial charge on any atom is 0.348 e. The van der Waals surface area contributed by atoms with E-state index < -0.39 is 0 Å². The van der Waals surface area contributed by atoms with E-state index in [9.17, 15) is 4.79 Å². The smallest absolute Gasteiger partial charge is 0.348 e. The number of imidazole rings is 1. The van der Waals surface area contributed by atoms with Crippen molar-refractivity contribution < 1.29 is 4.74 Å². The topological polar surface area (TPSA) is 72.3 Å². The number of ether oxygens (including phenoxy) is 1. The number of benzene rings is 1. The minimum absolute atomic E-state index is 0.307. The lowest BCUT2D eigenvalue weighted by Crippen LogP contribution is -2.17. The van der Waals surface area contributed by atoms with Gasteiger partial charge in [0.1, 0.15) is 20.8 Å². The van der Waals surface area contributed by atoms with Crippen molar-refractivity contribution in [3.05, 3.63) is 44.6 Å². The number of aromatic amines is 1. The maximum absolute atomic E-state index is 11.9. The molecular weight excluding hydrogens is 359 g/mol. The standard InChI is InChI=1S/C12H9IN4O2/c1-19-8-4-2-7(3-5-8)11-15-10(13)9-6-14-16-12(18)17(9)11/h2-6H,1H3,(H,16,18). The van der Waals surface area contributed by atoms with E-state index in [0.717, 1.165) is 15.0 Å². The van der Waals surface area contributed by atoms with Crippen LogP contribution in [0.5, 0.6) is 5.75 Å². The molecule has 0 unspecified atom stereocenters. The average molecular weight is 368 g/mol. The summed E-state index contributed by atoms with van der Waals surface area (Å²) in [6, 6.07) is 7.39. The molecular formula is C12H9IN4O2. The third-order valence-electron chi connectivity index (χ3n) is 2.77. The van der Waals surface area contributed by atoms with E-state index in [1.807, 2.05) is 24.3 Å². The van der Waals surface area contributed by atoms with E-state index >= 15 is 0 Å². The van der Waals surface area contributed by atoms with Gasteiger partial charge in [0.25, 0.3) is 0 Å². The Bertz CT molecular complexity index is 792. The predicted octanol–water partition coefficient (Wildman–Crippen LogP) is 1.70. The number of fused-ring (bicyclic) bond motifs is 1. The Kier molecular flexibility index (Phi) is 2.97. The van der Waals surface area contributed by atoms with Crippen molar-refractivity contribution in [2.24, 2.45) is 0 Å². The zero-order valence-corrected chi connectivity index (χ0v) is 12.1. The van der Waals surface area contributed by atoms with Crippen LogP contribution in [0.3, 0.4) is 0 Å². The molecule has 2 heterocycles. The highest BCUT2D eigenvalue weighted by atomic mass is 127. The van der Waals surface area contributed by atoms with Gasteiger partial charge in [-0.2, -0.15) is 5.10 Å². The van der Waals surface area contributed by atoms with Gasteiger partial charge in [0.05, 0.1) is 13.3 Å². The van der Waals surface area contributed by atoms with Gasteiger partial charge in [0.15, 0.2) is 0 Å². The van der Waals surface area contributed by atoms with Gasteiger partial charge in [-0.1, -0.05) is 0 Å². The van der Waals surface area contributed by atoms with Crippen LogP contribution in [-0.4, -0.2) is 26.7 Å². The summed E-state index contributed by atoms with van der Waals surface area (Å²) < 4.78 is 7.36. The van der Waals surface area contributed by atoms with Crippen molar-refractivity contribution in [2.45, 2.75) is 0 Å². The number of nitrogens with zero attached hydrogens (tertiary/aromatic N) is 3. The molecule has 0 amide bonds. The third kappa shape index (κ3) is 1.99. The number of H-pyrrole nitrogens is 1. The number of rotatable bonds is 2. The molecule has 1 aromatic carbocycles. The Morgan fingerprint density at radius 1 is 1.32 bits per heavy atom. The highest BCUT2D eigenvalue weighted by Crippen LogP contribution is 2.23. The minimum Gasteiger partial charge on any atom is -0.497 e. The monoisotopic (exact) mass is 368 g/mol. The summed E-state index contributed by atoms with van der Waals surface area (Å²) >= 11 is 2.09. The van der Waals surface area contributed by atoms with Gasteiger partial charge in [0.2, 0.25) is 0 Å². The zero-order chi connectivity index (χ0) is 13.4. The van der Waals surface area contributed by atoms with Crippen molar-refractivity contribution in [3.8, 4) is 17.1 Å². The second-order valence-electron chi connectivity index (χ2n) is 3.85. The minimum atomic E-state index is -0.307. The van der Waals surface area contributed by atoms with Crippen LogP contribution < -0.4 is 10.4 Å². The lowest BCUT2D eigenvalue weighted by Gasteiger charge is -2.02. The molecule has 0 aliphatic carbocycles. The molecule has 1 N–H and O–H groups in total. The van der Waals surface area contributed by atoms with Gasteiger partial charge in [-0.15, -0.1) is 0 Å². The van der Waals surface area contributed by atoms with Gasteiger partial charge >= 0.3 is 5.69 Å². The molecule has 0 atom stereocenters. The van der Waals surface area contributed by atoms with Crippen LogP contribution >= 0.6 is 22.6 Å². The van der Waals surface area contributed by atoms with Crippen LogP contribution in [0.25, 0.3) is 16.9 Å². The first kappa shape index (κ1) is 12.2. The third-order valence-corrected chi connectivity index (χ3v) is 3.56. The highest BCUT2D eigenvalue weighted by molar-refractivity contribution is 14.1. The second-order valence-corrected chi connectivity index (χ2v) is 4.87.